The lowest BCUT2D eigenvalue weighted by atomic mass is 9.87. The van der Waals surface area contributed by atoms with E-state index >= 15 is 0 Å². The first kappa shape index (κ1) is 26.1. The van der Waals surface area contributed by atoms with Crippen molar-refractivity contribution in [2.75, 3.05) is 9.80 Å². The third-order valence-electron chi connectivity index (χ3n) is 9.84. The van der Waals surface area contributed by atoms with Crippen molar-refractivity contribution >= 4 is 29.2 Å². The van der Waals surface area contributed by atoms with E-state index in [1.165, 1.54) is 51.6 Å². The van der Waals surface area contributed by atoms with Crippen LogP contribution >= 0.6 is 0 Å². The summed E-state index contributed by atoms with van der Waals surface area (Å²) < 4.78 is 0. The summed E-state index contributed by atoms with van der Waals surface area (Å²) in [4.78, 5) is 5.11. The van der Waals surface area contributed by atoms with Crippen LogP contribution in [0.3, 0.4) is 0 Å². The highest BCUT2D eigenvalue weighted by molar-refractivity contribution is 5.90. The van der Waals surface area contributed by atoms with Crippen LogP contribution in [-0.2, 0) is 6.42 Å². The molecule has 5 aliphatic rings. The van der Waals surface area contributed by atoms with Gasteiger partial charge >= 0.3 is 0 Å². The molecule has 3 atom stereocenters. The summed E-state index contributed by atoms with van der Waals surface area (Å²) in [5.74, 6) is 1.01. The van der Waals surface area contributed by atoms with Crippen molar-refractivity contribution in [1.29, 1.82) is 0 Å². The lowest BCUT2D eigenvalue weighted by Crippen LogP contribution is -2.38. The van der Waals surface area contributed by atoms with Gasteiger partial charge < -0.3 is 9.80 Å². The molecule has 0 saturated carbocycles. The van der Waals surface area contributed by atoms with Gasteiger partial charge in [-0.05, 0) is 91.5 Å². The normalized spacial score (nSPS) is 23.9. The maximum atomic E-state index is 2.63. The highest BCUT2D eigenvalue weighted by Crippen LogP contribution is 2.43. The zero-order valence-electron chi connectivity index (χ0n) is 24.6. The topological polar surface area (TPSA) is 6.48 Å². The van der Waals surface area contributed by atoms with Crippen molar-refractivity contribution in [1.82, 2.24) is 0 Å². The van der Waals surface area contributed by atoms with Crippen molar-refractivity contribution in [3.8, 4) is 0 Å². The van der Waals surface area contributed by atoms with Gasteiger partial charge in [0.05, 0.1) is 17.4 Å². The van der Waals surface area contributed by atoms with E-state index in [1.54, 1.807) is 5.57 Å². The van der Waals surface area contributed by atoms with E-state index in [0.29, 0.717) is 17.9 Å². The number of benzene rings is 3. The summed E-state index contributed by atoms with van der Waals surface area (Å²) in [7, 11) is 0. The molecule has 43 heavy (non-hydrogen) atoms. The Bertz CT molecular complexity index is 1710. The largest absolute Gasteiger partial charge is 0.334 e. The van der Waals surface area contributed by atoms with Crippen molar-refractivity contribution < 1.29 is 0 Å². The molecule has 8 rings (SSSR count). The van der Waals surface area contributed by atoms with Crippen molar-refractivity contribution in [2.45, 2.75) is 44.6 Å². The minimum absolute atomic E-state index is 0.370. The standard InChI is InChI=1S/C41H38N2/c1-5-16-38-32(10-1)20-21-33-11-2-6-17-39(33)42(38)36-15-9-14-30(24-27-36)31-25-28-37(29-26-31)43-40-18-7-3-12-34(40)22-23-35-13-4-8-19-41(35)43/h1-8,10-13,15-19,22-25,27-28,30,32,38H,9,14,20-21,26,29H2. The third-order valence-corrected chi connectivity index (χ3v) is 9.84. The van der Waals surface area contributed by atoms with Crippen LogP contribution in [0.4, 0.5) is 17.1 Å². The Morgan fingerprint density at radius 2 is 1.33 bits per heavy atom. The lowest BCUT2D eigenvalue weighted by Gasteiger charge is -2.36. The second-order valence-corrected chi connectivity index (χ2v) is 12.3. The zero-order valence-corrected chi connectivity index (χ0v) is 24.6. The summed E-state index contributed by atoms with van der Waals surface area (Å²) >= 11 is 0. The maximum absolute atomic E-state index is 2.63. The van der Waals surface area contributed by atoms with E-state index in [-0.39, 0.29) is 0 Å². The molecular weight excluding hydrogens is 520 g/mol. The Morgan fingerprint density at radius 1 is 0.605 bits per heavy atom. The first-order valence-electron chi connectivity index (χ1n) is 16.0. The first-order valence-corrected chi connectivity index (χ1v) is 16.0. The first-order chi connectivity index (χ1) is 21.3. The van der Waals surface area contributed by atoms with Crippen LogP contribution in [0.2, 0.25) is 0 Å². The number of anilines is 3. The predicted octanol–water partition coefficient (Wildman–Crippen LogP) is 10.3. The van der Waals surface area contributed by atoms with Gasteiger partial charge in [-0.2, -0.15) is 0 Å². The number of allylic oxidation sites excluding steroid dienone is 9. The van der Waals surface area contributed by atoms with Crippen molar-refractivity contribution in [2.24, 2.45) is 11.8 Å². The smallest absolute Gasteiger partial charge is 0.0588 e. The number of aryl methyl sites for hydroxylation is 1. The minimum atomic E-state index is 0.370. The molecule has 0 amide bonds. The SMILES string of the molecule is C1=CC2CCc3ccccc3N(C3=CCCC(C4=CC=C(N5c6ccccc6C=Cc6ccccc65)CC4)C=C3)C2C=C1. The van der Waals surface area contributed by atoms with Gasteiger partial charge in [-0.25, -0.2) is 0 Å². The van der Waals surface area contributed by atoms with Crippen molar-refractivity contribution in [3.05, 3.63) is 161 Å². The molecule has 2 heteroatoms. The fourth-order valence-corrected chi connectivity index (χ4v) is 7.64. The van der Waals surface area contributed by atoms with E-state index in [9.17, 15) is 0 Å². The highest BCUT2D eigenvalue weighted by Gasteiger charge is 2.32. The summed E-state index contributed by atoms with van der Waals surface area (Å²) in [6, 6.07) is 27.0. The van der Waals surface area contributed by atoms with Gasteiger partial charge in [-0.1, -0.05) is 115 Å². The average Bonchev–Trinajstić information content (AvgIpc) is 3.48. The molecule has 3 unspecified atom stereocenters. The molecule has 2 aliphatic heterocycles. The Balaban J connectivity index is 1.09. The van der Waals surface area contributed by atoms with Crippen molar-refractivity contribution in [3.63, 3.8) is 0 Å². The number of para-hydroxylation sites is 3. The quantitative estimate of drug-likeness (QED) is 0.315. The second kappa shape index (κ2) is 11.3. The summed E-state index contributed by atoms with van der Waals surface area (Å²) in [5, 5.41) is 0. The molecule has 0 saturated heterocycles. The number of fused-ring (bicyclic) bond motifs is 4. The Kier molecular flexibility index (Phi) is 6.84. The fourth-order valence-electron chi connectivity index (χ4n) is 7.64. The molecular formula is C41H38N2. The molecule has 0 fully saturated rings. The fraction of sp³-hybridized carbons (Fsp3) is 0.220. The number of rotatable bonds is 3. The average molecular weight is 559 g/mol. The van der Waals surface area contributed by atoms with Crippen LogP contribution in [0.15, 0.2) is 144 Å². The third kappa shape index (κ3) is 4.85. The molecule has 0 bridgehead atoms. The van der Waals surface area contributed by atoms with Gasteiger partial charge in [0.15, 0.2) is 0 Å². The predicted molar refractivity (Wildman–Crippen MR) is 182 cm³/mol. The molecule has 212 valence electrons. The van der Waals surface area contributed by atoms with Crippen LogP contribution in [0.25, 0.3) is 12.2 Å². The molecule has 3 aromatic rings. The van der Waals surface area contributed by atoms with Crippen LogP contribution in [0.5, 0.6) is 0 Å². The van der Waals surface area contributed by atoms with Gasteiger partial charge in [0.2, 0.25) is 0 Å². The highest BCUT2D eigenvalue weighted by atomic mass is 15.2. The molecule has 0 N–H and O–H groups in total. The molecule has 3 aliphatic carbocycles. The van der Waals surface area contributed by atoms with Gasteiger partial charge in [-0.3, -0.25) is 0 Å². The summed E-state index contributed by atoms with van der Waals surface area (Å²) in [5.41, 5.74) is 12.2. The Labute approximate surface area is 256 Å². The molecule has 0 radical (unpaired) electrons. The maximum Gasteiger partial charge on any atom is 0.0588 e. The van der Waals surface area contributed by atoms with Crippen LogP contribution < -0.4 is 9.80 Å². The van der Waals surface area contributed by atoms with Gasteiger partial charge in [0, 0.05) is 23.0 Å². The molecule has 2 nitrogen and oxygen atoms in total. The Hall–Kier alpha value is -4.56. The van der Waals surface area contributed by atoms with E-state index in [1.807, 2.05) is 0 Å². The van der Waals surface area contributed by atoms with Gasteiger partial charge in [0.1, 0.15) is 0 Å². The number of hydrogen-bond acceptors (Lipinski definition) is 2. The monoisotopic (exact) mass is 558 g/mol. The van der Waals surface area contributed by atoms with Gasteiger partial charge in [-0.15, -0.1) is 0 Å². The zero-order chi connectivity index (χ0) is 28.6. The Morgan fingerprint density at radius 3 is 2.09 bits per heavy atom. The van der Waals surface area contributed by atoms with E-state index in [2.05, 4.69) is 149 Å². The summed E-state index contributed by atoms with van der Waals surface area (Å²) in [6.45, 7) is 0. The van der Waals surface area contributed by atoms with E-state index < -0.39 is 0 Å². The van der Waals surface area contributed by atoms with Crippen LogP contribution in [-0.4, -0.2) is 6.04 Å². The molecule has 0 spiro atoms. The molecule has 3 aromatic carbocycles. The van der Waals surface area contributed by atoms with Gasteiger partial charge in [0.25, 0.3) is 0 Å². The van der Waals surface area contributed by atoms with Crippen LogP contribution in [0.1, 0.15) is 48.8 Å². The van der Waals surface area contributed by atoms with Crippen LogP contribution in [0, 0.1) is 11.8 Å². The minimum Gasteiger partial charge on any atom is -0.334 e. The number of nitrogens with zero attached hydrogens (tertiary/aromatic N) is 2. The number of hydrogen-bond donors (Lipinski definition) is 0. The second-order valence-electron chi connectivity index (χ2n) is 12.3. The van der Waals surface area contributed by atoms with E-state index in [4.69, 9.17) is 0 Å². The lowest BCUT2D eigenvalue weighted by molar-refractivity contribution is 0.528. The van der Waals surface area contributed by atoms with E-state index in [0.717, 1.165) is 32.1 Å². The molecule has 2 heterocycles. The summed E-state index contributed by atoms with van der Waals surface area (Å²) in [6.07, 6.45) is 32.8. The molecule has 0 aromatic heterocycles.